The Labute approximate surface area is 73.0 Å². The SMILES string of the molecule is CCOC(=O)C(=C(C)C)C(C)O. The molecule has 0 rings (SSSR count). The Morgan fingerprint density at radius 3 is 2.25 bits per heavy atom. The van der Waals surface area contributed by atoms with Gasteiger partial charge in [0.1, 0.15) is 0 Å². The summed E-state index contributed by atoms with van der Waals surface area (Å²) < 4.78 is 4.77. The predicted molar refractivity (Wildman–Crippen MR) is 46.7 cm³/mol. The highest BCUT2D eigenvalue weighted by molar-refractivity contribution is 5.90. The highest BCUT2D eigenvalue weighted by atomic mass is 16.5. The number of rotatable bonds is 3. The Morgan fingerprint density at radius 2 is 2.00 bits per heavy atom. The maximum absolute atomic E-state index is 11.2. The highest BCUT2D eigenvalue weighted by Crippen LogP contribution is 2.10. The van der Waals surface area contributed by atoms with Crippen LogP contribution in [0.25, 0.3) is 0 Å². The number of carbonyl (C=O) groups is 1. The molecule has 0 aliphatic carbocycles. The molecular weight excluding hydrogens is 156 g/mol. The summed E-state index contributed by atoms with van der Waals surface area (Å²) in [5, 5.41) is 9.22. The van der Waals surface area contributed by atoms with Crippen molar-refractivity contribution in [2.24, 2.45) is 0 Å². The fourth-order valence-electron chi connectivity index (χ4n) is 1.00. The number of hydrogen-bond acceptors (Lipinski definition) is 3. The number of ether oxygens (including phenoxy) is 1. The average Bonchev–Trinajstić information content (AvgIpc) is 1.85. The third-order valence-corrected chi connectivity index (χ3v) is 1.45. The average molecular weight is 172 g/mol. The Kier molecular flexibility index (Phi) is 4.59. The summed E-state index contributed by atoms with van der Waals surface area (Å²) in [7, 11) is 0. The third kappa shape index (κ3) is 3.05. The summed E-state index contributed by atoms with van der Waals surface area (Å²) in [5.41, 5.74) is 1.15. The van der Waals surface area contributed by atoms with Crippen LogP contribution in [0, 0.1) is 0 Å². The first-order valence-electron chi connectivity index (χ1n) is 4.03. The van der Waals surface area contributed by atoms with Gasteiger partial charge in [-0.2, -0.15) is 0 Å². The van der Waals surface area contributed by atoms with Gasteiger partial charge in [-0.05, 0) is 27.7 Å². The molecule has 0 aromatic heterocycles. The normalized spacial score (nSPS) is 12.1. The van der Waals surface area contributed by atoms with Gasteiger partial charge in [-0.3, -0.25) is 0 Å². The molecule has 3 nitrogen and oxygen atoms in total. The van der Waals surface area contributed by atoms with Gasteiger partial charge in [-0.1, -0.05) is 5.57 Å². The van der Waals surface area contributed by atoms with Crippen LogP contribution in [-0.2, 0) is 9.53 Å². The van der Waals surface area contributed by atoms with Crippen molar-refractivity contribution in [3.63, 3.8) is 0 Å². The van der Waals surface area contributed by atoms with Crippen molar-refractivity contribution in [3.05, 3.63) is 11.1 Å². The lowest BCUT2D eigenvalue weighted by Gasteiger charge is -2.10. The molecule has 0 aromatic carbocycles. The maximum atomic E-state index is 11.2. The van der Waals surface area contributed by atoms with Crippen LogP contribution in [0.15, 0.2) is 11.1 Å². The van der Waals surface area contributed by atoms with Gasteiger partial charge < -0.3 is 9.84 Å². The molecule has 0 aromatic rings. The lowest BCUT2D eigenvalue weighted by Crippen LogP contribution is -2.18. The van der Waals surface area contributed by atoms with E-state index in [9.17, 15) is 9.90 Å². The number of aliphatic hydroxyl groups is 1. The minimum absolute atomic E-state index is 0.336. The number of hydrogen-bond donors (Lipinski definition) is 1. The second-order valence-electron chi connectivity index (χ2n) is 2.81. The molecule has 70 valence electrons. The zero-order valence-electron chi connectivity index (χ0n) is 8.05. The van der Waals surface area contributed by atoms with Crippen LogP contribution < -0.4 is 0 Å². The fourth-order valence-corrected chi connectivity index (χ4v) is 1.00. The summed E-state index contributed by atoms with van der Waals surface area (Å²) >= 11 is 0. The summed E-state index contributed by atoms with van der Waals surface area (Å²) in [6.45, 7) is 7.18. The minimum atomic E-state index is -0.756. The van der Waals surface area contributed by atoms with Crippen molar-refractivity contribution in [3.8, 4) is 0 Å². The molecule has 0 aliphatic rings. The second-order valence-corrected chi connectivity index (χ2v) is 2.81. The van der Waals surface area contributed by atoms with Crippen molar-refractivity contribution in [2.75, 3.05) is 6.61 Å². The van der Waals surface area contributed by atoms with Crippen molar-refractivity contribution in [2.45, 2.75) is 33.8 Å². The van der Waals surface area contributed by atoms with Crippen molar-refractivity contribution in [1.82, 2.24) is 0 Å². The van der Waals surface area contributed by atoms with Crippen LogP contribution >= 0.6 is 0 Å². The van der Waals surface area contributed by atoms with E-state index in [1.165, 1.54) is 0 Å². The summed E-state index contributed by atoms with van der Waals surface area (Å²) in [6.07, 6.45) is -0.756. The Hall–Kier alpha value is -0.830. The predicted octanol–water partition coefficient (Wildman–Crippen LogP) is 1.27. The van der Waals surface area contributed by atoms with Crippen LogP contribution in [0.3, 0.4) is 0 Å². The van der Waals surface area contributed by atoms with Gasteiger partial charge in [0.2, 0.25) is 0 Å². The molecule has 1 unspecified atom stereocenters. The summed E-state index contributed by atoms with van der Waals surface area (Å²) in [4.78, 5) is 11.2. The fraction of sp³-hybridized carbons (Fsp3) is 0.667. The van der Waals surface area contributed by atoms with Gasteiger partial charge >= 0.3 is 5.97 Å². The van der Waals surface area contributed by atoms with E-state index < -0.39 is 12.1 Å². The van der Waals surface area contributed by atoms with Crippen LogP contribution in [0.1, 0.15) is 27.7 Å². The minimum Gasteiger partial charge on any atom is -0.463 e. The first-order valence-corrected chi connectivity index (χ1v) is 4.03. The molecule has 0 amide bonds. The van der Waals surface area contributed by atoms with E-state index >= 15 is 0 Å². The molecule has 12 heavy (non-hydrogen) atoms. The van der Waals surface area contributed by atoms with Crippen LogP contribution in [-0.4, -0.2) is 23.8 Å². The van der Waals surface area contributed by atoms with E-state index in [0.717, 1.165) is 5.57 Å². The van der Waals surface area contributed by atoms with Crippen molar-refractivity contribution < 1.29 is 14.6 Å². The van der Waals surface area contributed by atoms with Gasteiger partial charge in [0.25, 0.3) is 0 Å². The van der Waals surface area contributed by atoms with Crippen molar-refractivity contribution in [1.29, 1.82) is 0 Å². The van der Waals surface area contributed by atoms with Gasteiger partial charge in [-0.25, -0.2) is 4.79 Å². The number of allylic oxidation sites excluding steroid dienone is 1. The third-order valence-electron chi connectivity index (χ3n) is 1.45. The van der Waals surface area contributed by atoms with E-state index in [-0.39, 0.29) is 0 Å². The van der Waals surface area contributed by atoms with Crippen LogP contribution in [0.2, 0.25) is 0 Å². The molecular formula is C9H16O3. The summed E-state index contributed by atoms with van der Waals surface area (Å²) in [6, 6.07) is 0. The molecule has 0 saturated heterocycles. The Morgan fingerprint density at radius 1 is 1.50 bits per heavy atom. The van der Waals surface area contributed by atoms with E-state index in [4.69, 9.17) is 4.74 Å². The largest absolute Gasteiger partial charge is 0.463 e. The maximum Gasteiger partial charge on any atom is 0.336 e. The quantitative estimate of drug-likeness (QED) is 0.515. The smallest absolute Gasteiger partial charge is 0.336 e. The van der Waals surface area contributed by atoms with Gasteiger partial charge in [-0.15, -0.1) is 0 Å². The Bertz CT molecular complexity index is 188. The Balaban J connectivity index is 4.55. The molecule has 0 heterocycles. The molecule has 0 bridgehead atoms. The van der Waals surface area contributed by atoms with E-state index in [2.05, 4.69) is 0 Å². The van der Waals surface area contributed by atoms with Crippen LogP contribution in [0.4, 0.5) is 0 Å². The number of carbonyl (C=O) groups excluding carboxylic acids is 1. The molecule has 1 atom stereocenters. The first kappa shape index (κ1) is 11.2. The second kappa shape index (κ2) is 4.93. The van der Waals surface area contributed by atoms with Gasteiger partial charge in [0.15, 0.2) is 0 Å². The lowest BCUT2D eigenvalue weighted by molar-refractivity contribution is -0.139. The topological polar surface area (TPSA) is 46.5 Å². The van der Waals surface area contributed by atoms with Crippen molar-refractivity contribution >= 4 is 5.97 Å². The van der Waals surface area contributed by atoms with E-state index in [1.807, 2.05) is 0 Å². The molecule has 0 aliphatic heterocycles. The lowest BCUT2D eigenvalue weighted by atomic mass is 10.1. The van der Waals surface area contributed by atoms with E-state index in [1.54, 1.807) is 27.7 Å². The molecule has 0 radical (unpaired) electrons. The summed E-state index contributed by atoms with van der Waals surface area (Å²) in [5.74, 6) is -0.424. The molecule has 3 heteroatoms. The monoisotopic (exact) mass is 172 g/mol. The molecule has 0 spiro atoms. The molecule has 0 fully saturated rings. The van der Waals surface area contributed by atoms with Gasteiger partial charge in [0.05, 0.1) is 18.3 Å². The van der Waals surface area contributed by atoms with Gasteiger partial charge in [0, 0.05) is 0 Å². The molecule has 0 saturated carbocycles. The number of aliphatic hydroxyl groups excluding tert-OH is 1. The zero-order valence-corrected chi connectivity index (χ0v) is 8.05. The highest BCUT2D eigenvalue weighted by Gasteiger charge is 2.16. The molecule has 1 N–H and O–H groups in total. The van der Waals surface area contributed by atoms with E-state index in [0.29, 0.717) is 12.2 Å². The van der Waals surface area contributed by atoms with Crippen LogP contribution in [0.5, 0.6) is 0 Å². The first-order chi connectivity index (χ1) is 5.50. The number of esters is 1. The standard InChI is InChI=1S/C9H16O3/c1-5-12-9(11)8(6(2)3)7(4)10/h7,10H,5H2,1-4H3. The zero-order chi connectivity index (χ0) is 9.72.